The third-order valence-electron chi connectivity index (χ3n) is 2.90. The molecular weight excluding hydrogens is 174 g/mol. The molecule has 0 aliphatic carbocycles. The topological polar surface area (TPSA) is 31.9 Å². The van der Waals surface area contributed by atoms with Crippen molar-refractivity contribution in [1.82, 2.24) is 14.9 Å². The largest absolute Gasteiger partial charge is 0.345 e. The normalized spacial score (nSPS) is 18.3. The van der Waals surface area contributed by atoms with Crippen LogP contribution in [0.5, 0.6) is 0 Å². The Balaban J connectivity index is 2.21. The van der Waals surface area contributed by atoms with Gasteiger partial charge in [-0.1, -0.05) is 0 Å². The van der Waals surface area contributed by atoms with E-state index in [1.807, 2.05) is 6.92 Å². The zero-order valence-electron chi connectivity index (χ0n) is 9.52. The maximum Gasteiger partial charge on any atom is 0.103 e. The molecule has 3 heteroatoms. The predicted octanol–water partition coefficient (Wildman–Crippen LogP) is 1.87. The minimum atomic E-state index is 0.261. The van der Waals surface area contributed by atoms with Gasteiger partial charge in [-0.25, -0.2) is 4.98 Å². The Kier molecular flexibility index (Phi) is 2.14. The molecule has 1 aromatic rings. The Bertz CT molecular complexity index is 333. The molecule has 0 radical (unpaired) electrons. The highest BCUT2D eigenvalue weighted by Crippen LogP contribution is 2.23. The summed E-state index contributed by atoms with van der Waals surface area (Å²) >= 11 is 0. The lowest BCUT2D eigenvalue weighted by Crippen LogP contribution is -2.44. The van der Waals surface area contributed by atoms with E-state index in [1.165, 1.54) is 11.4 Å². The number of aromatic amines is 1. The Hall–Kier alpha value is -0.830. The number of rotatable bonds is 0. The first kappa shape index (κ1) is 9.71. The molecule has 1 aliphatic rings. The zero-order chi connectivity index (χ0) is 10.3. The molecule has 1 aromatic heterocycles. The van der Waals surface area contributed by atoms with E-state index in [2.05, 4.69) is 35.6 Å². The van der Waals surface area contributed by atoms with E-state index in [0.29, 0.717) is 0 Å². The third kappa shape index (κ3) is 1.69. The molecule has 0 unspecified atom stereocenters. The lowest BCUT2D eigenvalue weighted by molar-refractivity contribution is 0.118. The SMILES string of the molecule is Cc1nc2c([nH]1)CN(C(C)(C)C)CC2. The number of hydrogen-bond donors (Lipinski definition) is 1. The molecule has 3 nitrogen and oxygen atoms in total. The molecule has 0 saturated carbocycles. The molecule has 14 heavy (non-hydrogen) atoms. The molecule has 0 bridgehead atoms. The highest BCUT2D eigenvalue weighted by molar-refractivity contribution is 5.17. The fourth-order valence-electron chi connectivity index (χ4n) is 2.01. The summed E-state index contributed by atoms with van der Waals surface area (Å²) in [4.78, 5) is 10.3. The van der Waals surface area contributed by atoms with Gasteiger partial charge in [0.2, 0.25) is 0 Å². The fourth-order valence-corrected chi connectivity index (χ4v) is 2.01. The predicted molar refractivity (Wildman–Crippen MR) is 57.2 cm³/mol. The minimum absolute atomic E-state index is 0.261. The van der Waals surface area contributed by atoms with Crippen molar-refractivity contribution in [2.24, 2.45) is 0 Å². The third-order valence-corrected chi connectivity index (χ3v) is 2.90. The van der Waals surface area contributed by atoms with Crippen LogP contribution in [0.1, 0.15) is 38.0 Å². The molecular formula is C11H19N3. The average Bonchev–Trinajstić information content (AvgIpc) is 2.41. The van der Waals surface area contributed by atoms with Crippen LogP contribution in [0, 0.1) is 6.92 Å². The fraction of sp³-hybridized carbons (Fsp3) is 0.727. The second kappa shape index (κ2) is 3.09. The van der Waals surface area contributed by atoms with Crippen LogP contribution < -0.4 is 0 Å². The second-order valence-electron chi connectivity index (χ2n) is 5.09. The zero-order valence-corrected chi connectivity index (χ0v) is 9.52. The van der Waals surface area contributed by atoms with Crippen molar-refractivity contribution in [2.75, 3.05) is 6.54 Å². The van der Waals surface area contributed by atoms with Crippen molar-refractivity contribution in [3.8, 4) is 0 Å². The van der Waals surface area contributed by atoms with Gasteiger partial charge in [-0.05, 0) is 27.7 Å². The van der Waals surface area contributed by atoms with Gasteiger partial charge in [0.05, 0.1) is 11.4 Å². The quantitative estimate of drug-likeness (QED) is 0.682. The monoisotopic (exact) mass is 193 g/mol. The summed E-state index contributed by atoms with van der Waals surface area (Å²) in [5, 5.41) is 0. The first-order valence-electron chi connectivity index (χ1n) is 5.26. The van der Waals surface area contributed by atoms with Gasteiger partial charge in [-0.15, -0.1) is 0 Å². The average molecular weight is 193 g/mol. The van der Waals surface area contributed by atoms with E-state index in [1.54, 1.807) is 0 Å². The van der Waals surface area contributed by atoms with Crippen LogP contribution in [0.2, 0.25) is 0 Å². The van der Waals surface area contributed by atoms with Crippen molar-refractivity contribution < 1.29 is 0 Å². The summed E-state index contributed by atoms with van der Waals surface area (Å²) in [6.07, 6.45) is 1.08. The van der Waals surface area contributed by atoms with Crippen LogP contribution in [-0.2, 0) is 13.0 Å². The summed E-state index contributed by atoms with van der Waals surface area (Å²) in [6, 6.07) is 0. The number of H-pyrrole nitrogens is 1. The van der Waals surface area contributed by atoms with Gasteiger partial charge in [-0.3, -0.25) is 4.90 Å². The number of fused-ring (bicyclic) bond motifs is 1. The molecule has 0 spiro atoms. The van der Waals surface area contributed by atoms with Crippen molar-refractivity contribution in [3.63, 3.8) is 0 Å². The van der Waals surface area contributed by atoms with Gasteiger partial charge in [0.1, 0.15) is 5.82 Å². The second-order valence-corrected chi connectivity index (χ2v) is 5.09. The molecule has 0 atom stereocenters. The molecule has 0 amide bonds. The van der Waals surface area contributed by atoms with E-state index < -0.39 is 0 Å². The van der Waals surface area contributed by atoms with Crippen molar-refractivity contribution in [2.45, 2.75) is 46.2 Å². The van der Waals surface area contributed by atoms with Crippen molar-refractivity contribution in [3.05, 3.63) is 17.2 Å². The van der Waals surface area contributed by atoms with Crippen LogP contribution in [0.15, 0.2) is 0 Å². The van der Waals surface area contributed by atoms with E-state index in [-0.39, 0.29) is 5.54 Å². The molecule has 0 saturated heterocycles. The molecule has 1 aliphatic heterocycles. The number of nitrogens with one attached hydrogen (secondary N) is 1. The highest BCUT2D eigenvalue weighted by atomic mass is 15.2. The molecule has 1 N–H and O–H groups in total. The van der Waals surface area contributed by atoms with E-state index in [4.69, 9.17) is 0 Å². The minimum Gasteiger partial charge on any atom is -0.345 e. The lowest BCUT2D eigenvalue weighted by Gasteiger charge is -2.37. The van der Waals surface area contributed by atoms with Crippen LogP contribution in [-0.4, -0.2) is 27.0 Å². The number of nitrogens with zero attached hydrogens (tertiary/aromatic N) is 2. The van der Waals surface area contributed by atoms with Gasteiger partial charge in [0, 0.05) is 25.0 Å². The summed E-state index contributed by atoms with van der Waals surface area (Å²) in [5.41, 5.74) is 2.84. The molecule has 0 fully saturated rings. The summed E-state index contributed by atoms with van der Waals surface area (Å²) in [6.45, 7) is 11.0. The first-order chi connectivity index (χ1) is 6.47. The maximum atomic E-state index is 4.49. The van der Waals surface area contributed by atoms with Gasteiger partial charge in [0.25, 0.3) is 0 Å². The Morgan fingerprint density at radius 2 is 2.07 bits per heavy atom. The lowest BCUT2D eigenvalue weighted by atomic mass is 10.0. The van der Waals surface area contributed by atoms with Crippen molar-refractivity contribution >= 4 is 0 Å². The number of aryl methyl sites for hydroxylation is 1. The van der Waals surface area contributed by atoms with E-state index in [0.717, 1.165) is 25.3 Å². The Labute approximate surface area is 85.5 Å². The maximum absolute atomic E-state index is 4.49. The smallest absolute Gasteiger partial charge is 0.103 e. The van der Waals surface area contributed by atoms with Crippen LogP contribution >= 0.6 is 0 Å². The summed E-state index contributed by atoms with van der Waals surface area (Å²) < 4.78 is 0. The molecule has 78 valence electrons. The van der Waals surface area contributed by atoms with Crippen LogP contribution in [0.3, 0.4) is 0 Å². The van der Waals surface area contributed by atoms with Crippen LogP contribution in [0.25, 0.3) is 0 Å². The summed E-state index contributed by atoms with van der Waals surface area (Å²) in [7, 11) is 0. The molecule has 2 heterocycles. The summed E-state index contributed by atoms with van der Waals surface area (Å²) in [5.74, 6) is 1.05. The molecule has 2 rings (SSSR count). The van der Waals surface area contributed by atoms with E-state index >= 15 is 0 Å². The Morgan fingerprint density at radius 1 is 1.36 bits per heavy atom. The Morgan fingerprint density at radius 3 is 2.71 bits per heavy atom. The van der Waals surface area contributed by atoms with Gasteiger partial charge in [0.15, 0.2) is 0 Å². The van der Waals surface area contributed by atoms with Gasteiger partial charge >= 0.3 is 0 Å². The number of imidazole rings is 1. The first-order valence-corrected chi connectivity index (χ1v) is 5.26. The molecule has 0 aromatic carbocycles. The van der Waals surface area contributed by atoms with Crippen LogP contribution in [0.4, 0.5) is 0 Å². The highest BCUT2D eigenvalue weighted by Gasteiger charge is 2.27. The van der Waals surface area contributed by atoms with Gasteiger partial charge < -0.3 is 4.98 Å². The standard InChI is InChI=1S/C11H19N3/c1-8-12-9-5-6-14(11(2,3)4)7-10(9)13-8/h5-7H2,1-4H3,(H,12,13). The number of hydrogen-bond acceptors (Lipinski definition) is 2. The van der Waals surface area contributed by atoms with Gasteiger partial charge in [-0.2, -0.15) is 0 Å². The van der Waals surface area contributed by atoms with Crippen molar-refractivity contribution in [1.29, 1.82) is 0 Å². The number of aromatic nitrogens is 2. The van der Waals surface area contributed by atoms with E-state index in [9.17, 15) is 0 Å².